The van der Waals surface area contributed by atoms with E-state index in [0.29, 0.717) is 18.9 Å². The van der Waals surface area contributed by atoms with Crippen LogP contribution in [0.15, 0.2) is 77.9 Å². The van der Waals surface area contributed by atoms with Crippen molar-refractivity contribution in [2.45, 2.75) is 0 Å². The molecule has 0 aliphatic carbocycles. The molecule has 4 rings (SSSR count). The Labute approximate surface area is 161 Å². The Hall–Kier alpha value is -3.80. The van der Waals surface area contributed by atoms with Gasteiger partial charge in [-0.2, -0.15) is 0 Å². The largest absolute Gasteiger partial charge is 0.368 e. The summed E-state index contributed by atoms with van der Waals surface area (Å²) in [5, 5.41) is 18.5. The van der Waals surface area contributed by atoms with E-state index < -0.39 is 4.92 Å². The number of pyridine rings is 1. The Morgan fingerprint density at radius 1 is 1.00 bits per heavy atom. The van der Waals surface area contributed by atoms with Gasteiger partial charge in [-0.1, -0.05) is 48.5 Å². The number of nitro groups is 1. The summed E-state index contributed by atoms with van der Waals surface area (Å²) in [5.41, 5.74) is 1.09. The van der Waals surface area contributed by atoms with Crippen LogP contribution in [0.25, 0.3) is 21.5 Å². The highest BCUT2D eigenvalue weighted by molar-refractivity contribution is 6.13. The molecule has 0 unspecified atom stereocenters. The number of anilines is 1. The third-order valence-electron chi connectivity index (χ3n) is 4.54. The second kappa shape index (κ2) is 7.84. The summed E-state index contributed by atoms with van der Waals surface area (Å²) in [6.07, 6.45) is 3.17. The van der Waals surface area contributed by atoms with Crippen LogP contribution in [0.2, 0.25) is 0 Å². The van der Waals surface area contributed by atoms with Crippen molar-refractivity contribution in [1.29, 1.82) is 0 Å². The van der Waals surface area contributed by atoms with Crippen molar-refractivity contribution in [3.05, 3.63) is 88.6 Å². The van der Waals surface area contributed by atoms with E-state index in [-0.39, 0.29) is 5.69 Å². The van der Waals surface area contributed by atoms with Crippen molar-refractivity contribution in [2.75, 3.05) is 18.4 Å². The van der Waals surface area contributed by atoms with Gasteiger partial charge in [0.2, 0.25) is 0 Å². The normalized spacial score (nSPS) is 11.3. The smallest absolute Gasteiger partial charge is 0.287 e. The minimum absolute atomic E-state index is 0.0218. The molecule has 0 aliphatic rings. The summed E-state index contributed by atoms with van der Waals surface area (Å²) in [7, 11) is 0. The molecule has 0 atom stereocenters. The van der Waals surface area contributed by atoms with Crippen LogP contribution in [0.5, 0.6) is 0 Å². The predicted octanol–water partition coefficient (Wildman–Crippen LogP) is 4.83. The van der Waals surface area contributed by atoms with Crippen molar-refractivity contribution in [1.82, 2.24) is 4.98 Å². The number of aliphatic imine (C=N–C) groups is 1. The molecule has 28 heavy (non-hydrogen) atoms. The number of aromatic nitrogens is 1. The molecule has 0 saturated heterocycles. The molecule has 0 bridgehead atoms. The van der Waals surface area contributed by atoms with E-state index in [2.05, 4.69) is 45.6 Å². The molecule has 4 aromatic rings. The number of hydrogen-bond acceptors (Lipinski definition) is 5. The lowest BCUT2D eigenvalue weighted by atomic mass is 9.97. The summed E-state index contributed by atoms with van der Waals surface area (Å²) in [5.74, 6) is 0.594. The first-order valence-electron chi connectivity index (χ1n) is 8.97. The SMILES string of the molecule is O=[N+]([O-])c1ccc(NCCN=Cc2c3ccccc3cc3ccccc23)nc1. The second-order valence-electron chi connectivity index (χ2n) is 6.35. The Bertz CT molecular complexity index is 1120. The van der Waals surface area contributed by atoms with Crippen molar-refractivity contribution in [2.24, 2.45) is 4.99 Å². The van der Waals surface area contributed by atoms with E-state index >= 15 is 0 Å². The van der Waals surface area contributed by atoms with Crippen LogP contribution in [0.1, 0.15) is 5.56 Å². The zero-order valence-corrected chi connectivity index (χ0v) is 15.1. The number of nitrogens with zero attached hydrogens (tertiary/aromatic N) is 3. The molecular weight excluding hydrogens is 352 g/mol. The van der Waals surface area contributed by atoms with Crippen LogP contribution in [-0.4, -0.2) is 29.2 Å². The van der Waals surface area contributed by atoms with Crippen molar-refractivity contribution < 1.29 is 4.92 Å². The molecule has 6 heteroatoms. The molecular formula is C22H18N4O2. The fraction of sp³-hybridized carbons (Fsp3) is 0.0909. The van der Waals surface area contributed by atoms with Crippen LogP contribution in [0.4, 0.5) is 11.5 Å². The molecule has 0 amide bonds. The van der Waals surface area contributed by atoms with E-state index in [1.165, 1.54) is 33.8 Å². The lowest BCUT2D eigenvalue weighted by molar-refractivity contribution is -0.385. The van der Waals surface area contributed by atoms with E-state index in [0.717, 1.165) is 5.56 Å². The number of nitrogens with one attached hydrogen (secondary N) is 1. The zero-order chi connectivity index (χ0) is 19.3. The molecule has 0 fully saturated rings. The molecule has 1 heterocycles. The van der Waals surface area contributed by atoms with Crippen molar-refractivity contribution in [3.8, 4) is 0 Å². The van der Waals surface area contributed by atoms with Crippen LogP contribution >= 0.6 is 0 Å². The first-order chi connectivity index (χ1) is 13.7. The molecule has 0 aliphatic heterocycles. The number of hydrogen-bond donors (Lipinski definition) is 1. The average Bonchev–Trinajstić information content (AvgIpc) is 2.73. The highest BCUT2D eigenvalue weighted by Crippen LogP contribution is 2.27. The average molecular weight is 370 g/mol. The van der Waals surface area contributed by atoms with Gasteiger partial charge in [0.25, 0.3) is 5.69 Å². The maximum Gasteiger partial charge on any atom is 0.287 e. The fourth-order valence-electron chi connectivity index (χ4n) is 3.19. The first-order valence-corrected chi connectivity index (χ1v) is 8.97. The minimum Gasteiger partial charge on any atom is -0.368 e. The minimum atomic E-state index is -0.463. The standard InChI is InChI=1S/C22H18N4O2/c27-26(28)18-9-10-22(25-14-18)24-12-11-23-15-21-19-7-3-1-5-16(19)13-17-6-2-4-8-20(17)21/h1-10,13-15H,11-12H2,(H,24,25). The highest BCUT2D eigenvalue weighted by Gasteiger charge is 2.06. The lowest BCUT2D eigenvalue weighted by Gasteiger charge is -2.08. The third kappa shape index (κ3) is 3.66. The van der Waals surface area contributed by atoms with Crippen molar-refractivity contribution in [3.63, 3.8) is 0 Å². The topological polar surface area (TPSA) is 80.4 Å². The summed E-state index contributed by atoms with van der Waals surface area (Å²) in [6, 6.07) is 21.8. The fourth-order valence-corrected chi connectivity index (χ4v) is 3.19. The molecule has 138 valence electrons. The van der Waals surface area contributed by atoms with Gasteiger partial charge in [-0.05, 0) is 33.7 Å². The van der Waals surface area contributed by atoms with Crippen LogP contribution in [0, 0.1) is 10.1 Å². The van der Waals surface area contributed by atoms with Crippen LogP contribution < -0.4 is 5.32 Å². The van der Waals surface area contributed by atoms with Crippen LogP contribution in [-0.2, 0) is 0 Å². The Morgan fingerprint density at radius 2 is 1.68 bits per heavy atom. The summed E-state index contributed by atoms with van der Waals surface area (Å²) < 4.78 is 0. The monoisotopic (exact) mass is 370 g/mol. The van der Waals surface area contributed by atoms with E-state index in [9.17, 15) is 10.1 Å². The van der Waals surface area contributed by atoms with Gasteiger partial charge in [0, 0.05) is 24.4 Å². The van der Waals surface area contributed by atoms with Gasteiger partial charge < -0.3 is 5.32 Å². The van der Waals surface area contributed by atoms with Gasteiger partial charge in [0.1, 0.15) is 12.0 Å². The van der Waals surface area contributed by atoms with E-state index in [4.69, 9.17) is 0 Å². The predicted molar refractivity (Wildman–Crippen MR) is 113 cm³/mol. The highest BCUT2D eigenvalue weighted by atomic mass is 16.6. The van der Waals surface area contributed by atoms with E-state index in [1.54, 1.807) is 6.07 Å². The molecule has 0 radical (unpaired) electrons. The number of rotatable bonds is 6. The Kier molecular flexibility index (Phi) is 4.93. The molecule has 6 nitrogen and oxygen atoms in total. The van der Waals surface area contributed by atoms with Crippen molar-refractivity contribution >= 4 is 39.3 Å². The summed E-state index contributed by atoms with van der Waals surface area (Å²) in [6.45, 7) is 1.15. The van der Waals surface area contributed by atoms with Gasteiger partial charge in [-0.3, -0.25) is 15.1 Å². The summed E-state index contributed by atoms with van der Waals surface area (Å²) in [4.78, 5) is 18.8. The summed E-state index contributed by atoms with van der Waals surface area (Å²) >= 11 is 0. The second-order valence-corrected chi connectivity index (χ2v) is 6.35. The quantitative estimate of drug-likeness (QED) is 0.173. The number of benzene rings is 3. The van der Waals surface area contributed by atoms with Crippen LogP contribution in [0.3, 0.4) is 0 Å². The maximum atomic E-state index is 10.7. The zero-order valence-electron chi connectivity index (χ0n) is 15.1. The lowest BCUT2D eigenvalue weighted by Crippen LogP contribution is -2.06. The molecule has 3 aromatic carbocycles. The van der Waals surface area contributed by atoms with Gasteiger partial charge >= 0.3 is 0 Å². The maximum absolute atomic E-state index is 10.7. The van der Waals surface area contributed by atoms with Gasteiger partial charge in [0.15, 0.2) is 0 Å². The number of fused-ring (bicyclic) bond motifs is 2. The molecule has 1 N–H and O–H groups in total. The third-order valence-corrected chi connectivity index (χ3v) is 4.54. The van der Waals surface area contributed by atoms with Gasteiger partial charge in [0.05, 0.1) is 11.5 Å². The van der Waals surface area contributed by atoms with Gasteiger partial charge in [-0.25, -0.2) is 4.98 Å². The Morgan fingerprint density at radius 3 is 2.29 bits per heavy atom. The van der Waals surface area contributed by atoms with E-state index in [1.807, 2.05) is 30.5 Å². The Balaban J connectivity index is 1.49. The molecule has 1 aromatic heterocycles. The molecule has 0 spiro atoms. The first kappa shape index (κ1) is 17.6. The molecule has 0 saturated carbocycles. The van der Waals surface area contributed by atoms with Gasteiger partial charge in [-0.15, -0.1) is 0 Å².